The first-order valence-electron chi connectivity index (χ1n) is 7.81. The van der Waals surface area contributed by atoms with Crippen molar-refractivity contribution in [1.82, 2.24) is 18.9 Å². The SMILES string of the molecule is Cc1ccc(-n2ccnc2SCc2cc(=O)n3ccsc3n2)c(C)c1. The molecule has 4 rings (SSSR count). The highest BCUT2D eigenvalue weighted by Gasteiger charge is 2.10. The second-order valence-corrected chi connectivity index (χ2v) is 7.62. The maximum atomic E-state index is 12.1. The van der Waals surface area contributed by atoms with Crippen LogP contribution < -0.4 is 5.56 Å². The molecule has 0 aliphatic heterocycles. The Bertz CT molecular complexity index is 1110. The van der Waals surface area contributed by atoms with E-state index in [4.69, 9.17) is 0 Å². The number of thioether (sulfide) groups is 1. The summed E-state index contributed by atoms with van der Waals surface area (Å²) in [5, 5.41) is 2.76. The van der Waals surface area contributed by atoms with Gasteiger partial charge in [0.2, 0.25) is 0 Å². The van der Waals surface area contributed by atoms with E-state index in [-0.39, 0.29) is 5.56 Å². The minimum Gasteiger partial charge on any atom is -0.295 e. The Labute approximate surface area is 153 Å². The molecule has 5 nitrogen and oxygen atoms in total. The summed E-state index contributed by atoms with van der Waals surface area (Å²) < 4.78 is 3.64. The molecule has 0 radical (unpaired) electrons. The van der Waals surface area contributed by atoms with Crippen molar-refractivity contribution in [2.45, 2.75) is 24.8 Å². The maximum Gasteiger partial charge on any atom is 0.258 e. The summed E-state index contributed by atoms with van der Waals surface area (Å²) in [6.45, 7) is 4.19. The lowest BCUT2D eigenvalue weighted by atomic mass is 10.1. The molecule has 25 heavy (non-hydrogen) atoms. The van der Waals surface area contributed by atoms with E-state index in [0.29, 0.717) is 5.75 Å². The summed E-state index contributed by atoms with van der Waals surface area (Å²) >= 11 is 3.04. The molecule has 0 aliphatic carbocycles. The fourth-order valence-corrected chi connectivity index (χ4v) is 4.35. The summed E-state index contributed by atoms with van der Waals surface area (Å²) in [5.41, 5.74) is 4.29. The molecule has 0 unspecified atom stereocenters. The molecule has 0 N–H and O–H groups in total. The minimum atomic E-state index is -0.0421. The van der Waals surface area contributed by atoms with Crippen molar-refractivity contribution in [3.05, 3.63) is 75.4 Å². The Balaban J connectivity index is 1.61. The number of aromatic nitrogens is 4. The van der Waals surface area contributed by atoms with Crippen LogP contribution in [0.25, 0.3) is 10.6 Å². The molecule has 1 aromatic carbocycles. The number of hydrogen-bond donors (Lipinski definition) is 0. The van der Waals surface area contributed by atoms with E-state index in [0.717, 1.165) is 21.5 Å². The minimum absolute atomic E-state index is 0.0421. The van der Waals surface area contributed by atoms with Gasteiger partial charge in [-0.05, 0) is 25.5 Å². The number of aryl methyl sites for hydroxylation is 2. The summed E-state index contributed by atoms with van der Waals surface area (Å²) in [7, 11) is 0. The van der Waals surface area contributed by atoms with Crippen molar-refractivity contribution in [3.63, 3.8) is 0 Å². The average Bonchev–Trinajstić information content (AvgIpc) is 3.22. The van der Waals surface area contributed by atoms with Gasteiger partial charge in [0.1, 0.15) is 0 Å². The Morgan fingerprint density at radius 3 is 2.92 bits per heavy atom. The van der Waals surface area contributed by atoms with Crippen LogP contribution in [0.2, 0.25) is 0 Å². The first-order valence-corrected chi connectivity index (χ1v) is 9.68. The number of hydrogen-bond acceptors (Lipinski definition) is 5. The second kappa shape index (κ2) is 6.50. The van der Waals surface area contributed by atoms with Crippen LogP contribution in [-0.4, -0.2) is 18.9 Å². The van der Waals surface area contributed by atoms with Gasteiger partial charge < -0.3 is 0 Å². The highest BCUT2D eigenvalue weighted by atomic mass is 32.2. The van der Waals surface area contributed by atoms with Crippen molar-refractivity contribution in [3.8, 4) is 5.69 Å². The van der Waals surface area contributed by atoms with Gasteiger partial charge in [-0.1, -0.05) is 29.5 Å². The molecule has 3 heterocycles. The summed E-state index contributed by atoms with van der Waals surface area (Å²) in [4.78, 5) is 21.8. The standard InChI is InChI=1S/C18H16N4OS2/c1-12-3-4-15(13(2)9-12)21-6-5-19-17(21)25-11-14-10-16(23)22-7-8-24-18(22)20-14/h3-10H,11H2,1-2H3. The van der Waals surface area contributed by atoms with Crippen LogP contribution in [0.4, 0.5) is 0 Å². The smallest absolute Gasteiger partial charge is 0.258 e. The molecule has 0 fully saturated rings. The third-order valence-corrected chi connectivity index (χ3v) is 5.68. The van der Waals surface area contributed by atoms with E-state index in [1.54, 1.807) is 34.6 Å². The molecule has 0 saturated carbocycles. The summed E-state index contributed by atoms with van der Waals surface area (Å²) in [6, 6.07) is 7.97. The van der Waals surface area contributed by atoms with Gasteiger partial charge in [-0.15, -0.1) is 11.3 Å². The summed E-state index contributed by atoms with van der Waals surface area (Å²) in [6.07, 6.45) is 5.51. The molecule has 3 aromatic heterocycles. The highest BCUT2D eigenvalue weighted by Crippen LogP contribution is 2.25. The van der Waals surface area contributed by atoms with Crippen molar-refractivity contribution in [2.75, 3.05) is 0 Å². The first-order chi connectivity index (χ1) is 12.1. The first kappa shape index (κ1) is 16.1. The van der Waals surface area contributed by atoms with Crippen LogP contribution in [0.15, 0.2) is 58.2 Å². The third-order valence-electron chi connectivity index (χ3n) is 3.92. The maximum absolute atomic E-state index is 12.1. The number of thiazole rings is 1. The molecule has 0 aliphatic rings. The molecule has 0 bridgehead atoms. The van der Waals surface area contributed by atoms with E-state index >= 15 is 0 Å². The van der Waals surface area contributed by atoms with Crippen molar-refractivity contribution >= 4 is 28.1 Å². The Morgan fingerprint density at radius 1 is 1.20 bits per heavy atom. The largest absolute Gasteiger partial charge is 0.295 e. The van der Waals surface area contributed by atoms with Gasteiger partial charge >= 0.3 is 0 Å². The van der Waals surface area contributed by atoms with Crippen LogP contribution in [0.3, 0.4) is 0 Å². The van der Waals surface area contributed by atoms with Crippen LogP contribution in [-0.2, 0) is 5.75 Å². The van der Waals surface area contributed by atoms with E-state index < -0.39 is 0 Å². The van der Waals surface area contributed by atoms with E-state index in [2.05, 4.69) is 46.6 Å². The zero-order chi connectivity index (χ0) is 17.4. The molecule has 7 heteroatoms. The number of rotatable bonds is 4. The molecule has 4 aromatic rings. The van der Waals surface area contributed by atoms with E-state index in [1.807, 2.05) is 11.6 Å². The predicted octanol–water partition coefficient (Wildman–Crippen LogP) is 3.85. The Hall–Kier alpha value is -2.38. The molecular formula is C18H16N4OS2. The molecule has 126 valence electrons. The molecule has 0 amide bonds. The molecule has 0 saturated heterocycles. The molecule has 0 atom stereocenters. The van der Waals surface area contributed by atoms with Crippen LogP contribution >= 0.6 is 23.1 Å². The number of nitrogens with zero attached hydrogens (tertiary/aromatic N) is 4. The fourth-order valence-electron chi connectivity index (χ4n) is 2.76. The highest BCUT2D eigenvalue weighted by molar-refractivity contribution is 7.98. The van der Waals surface area contributed by atoms with Gasteiger partial charge in [0, 0.05) is 35.8 Å². The van der Waals surface area contributed by atoms with Gasteiger partial charge in [0.25, 0.3) is 5.56 Å². The number of benzene rings is 1. The monoisotopic (exact) mass is 368 g/mol. The van der Waals surface area contributed by atoms with Crippen LogP contribution in [0, 0.1) is 13.8 Å². The van der Waals surface area contributed by atoms with Crippen LogP contribution in [0.5, 0.6) is 0 Å². The van der Waals surface area contributed by atoms with E-state index in [1.165, 1.54) is 22.5 Å². The lowest BCUT2D eigenvalue weighted by molar-refractivity contribution is 0.886. The van der Waals surface area contributed by atoms with Gasteiger partial charge in [0.05, 0.1) is 11.4 Å². The number of imidazole rings is 1. The molecule has 0 spiro atoms. The normalized spacial score (nSPS) is 11.3. The van der Waals surface area contributed by atoms with Crippen molar-refractivity contribution in [2.24, 2.45) is 0 Å². The van der Waals surface area contributed by atoms with Crippen LogP contribution in [0.1, 0.15) is 16.8 Å². The van der Waals surface area contributed by atoms with Gasteiger partial charge in [-0.25, -0.2) is 9.97 Å². The average molecular weight is 368 g/mol. The fraction of sp³-hybridized carbons (Fsp3) is 0.167. The topological polar surface area (TPSA) is 52.2 Å². The zero-order valence-corrected chi connectivity index (χ0v) is 15.5. The zero-order valence-electron chi connectivity index (χ0n) is 13.8. The van der Waals surface area contributed by atoms with Gasteiger partial charge in [0.15, 0.2) is 10.1 Å². The Kier molecular flexibility index (Phi) is 4.19. The third kappa shape index (κ3) is 3.12. The predicted molar refractivity (Wildman–Crippen MR) is 102 cm³/mol. The van der Waals surface area contributed by atoms with Crippen molar-refractivity contribution < 1.29 is 0 Å². The Morgan fingerprint density at radius 2 is 2.08 bits per heavy atom. The lowest BCUT2D eigenvalue weighted by Gasteiger charge is -2.11. The molecular weight excluding hydrogens is 352 g/mol. The van der Waals surface area contributed by atoms with E-state index in [9.17, 15) is 4.79 Å². The lowest BCUT2D eigenvalue weighted by Crippen LogP contribution is -2.12. The summed E-state index contributed by atoms with van der Waals surface area (Å²) in [5.74, 6) is 0.603. The quantitative estimate of drug-likeness (QED) is 0.514. The van der Waals surface area contributed by atoms with Gasteiger partial charge in [-0.3, -0.25) is 13.8 Å². The second-order valence-electron chi connectivity index (χ2n) is 5.80. The van der Waals surface area contributed by atoms with Crippen molar-refractivity contribution in [1.29, 1.82) is 0 Å². The number of fused-ring (bicyclic) bond motifs is 1. The van der Waals surface area contributed by atoms with Gasteiger partial charge in [-0.2, -0.15) is 0 Å².